The van der Waals surface area contributed by atoms with Gasteiger partial charge in [0.2, 0.25) is 0 Å². The van der Waals surface area contributed by atoms with Crippen molar-refractivity contribution >= 4 is 33.7 Å². The lowest BCUT2D eigenvalue weighted by Crippen LogP contribution is -2.03. The Kier molecular flexibility index (Phi) is 7.17. The Morgan fingerprint density at radius 3 is 1.72 bits per heavy atom. The largest absolute Gasteiger partial charge is 0.507 e. The molecule has 0 spiro atoms. The molecule has 43 heavy (non-hydrogen) atoms. The summed E-state index contributed by atoms with van der Waals surface area (Å²) >= 11 is 0. The number of aryl methyl sites for hydroxylation is 2. The molecule has 0 atom stereocenters. The first-order chi connectivity index (χ1) is 21.0. The zero-order valence-corrected chi connectivity index (χ0v) is 24.9. The Balaban J connectivity index is 0.000000140. The average molecular weight is 557 g/mol. The van der Waals surface area contributed by atoms with Crippen molar-refractivity contribution in [3.05, 3.63) is 171 Å². The van der Waals surface area contributed by atoms with E-state index in [0.29, 0.717) is 5.75 Å². The van der Waals surface area contributed by atoms with Crippen LogP contribution in [0.4, 0.5) is 0 Å². The lowest BCUT2D eigenvalue weighted by atomic mass is 9.85. The van der Waals surface area contributed by atoms with E-state index in [1.54, 1.807) is 0 Å². The monoisotopic (exact) mass is 556 g/mol. The Hall–Kier alpha value is -4.88. The highest BCUT2D eigenvalue weighted by Gasteiger charge is 2.18. The maximum atomic E-state index is 10.4. The predicted molar refractivity (Wildman–Crippen MR) is 183 cm³/mol. The molecule has 0 aromatic heterocycles. The quantitative estimate of drug-likeness (QED) is 0.229. The molecule has 0 amide bonds. The predicted octanol–water partition coefficient (Wildman–Crippen LogP) is 10.4. The van der Waals surface area contributed by atoms with E-state index in [-0.39, 0.29) is 0 Å². The molecule has 0 saturated carbocycles. The van der Waals surface area contributed by atoms with Crippen LogP contribution in [0.1, 0.15) is 44.5 Å². The third-order valence-corrected chi connectivity index (χ3v) is 8.94. The zero-order chi connectivity index (χ0) is 29.3. The Morgan fingerprint density at radius 2 is 1.09 bits per heavy atom. The van der Waals surface area contributed by atoms with Crippen LogP contribution in [0.5, 0.6) is 5.75 Å². The van der Waals surface area contributed by atoms with Gasteiger partial charge in [0, 0.05) is 5.56 Å². The van der Waals surface area contributed by atoms with E-state index in [1.165, 1.54) is 66.1 Å². The van der Waals surface area contributed by atoms with Crippen molar-refractivity contribution in [3.63, 3.8) is 0 Å². The van der Waals surface area contributed by atoms with E-state index in [1.807, 2.05) is 12.1 Å². The highest BCUT2D eigenvalue weighted by Crippen LogP contribution is 2.39. The van der Waals surface area contributed by atoms with Gasteiger partial charge in [-0.3, -0.25) is 0 Å². The first-order valence-electron chi connectivity index (χ1n) is 15.3. The van der Waals surface area contributed by atoms with Crippen LogP contribution in [-0.4, -0.2) is 5.11 Å². The van der Waals surface area contributed by atoms with Crippen molar-refractivity contribution in [2.45, 2.75) is 39.5 Å². The van der Waals surface area contributed by atoms with Gasteiger partial charge in [-0.2, -0.15) is 0 Å². The van der Waals surface area contributed by atoms with Crippen LogP contribution < -0.4 is 0 Å². The maximum absolute atomic E-state index is 10.4. The smallest absolute Gasteiger partial charge is 0.123 e. The van der Waals surface area contributed by atoms with Crippen molar-refractivity contribution in [1.82, 2.24) is 0 Å². The molecule has 0 saturated heterocycles. The van der Waals surface area contributed by atoms with Crippen LogP contribution >= 0.6 is 0 Å². The van der Waals surface area contributed by atoms with E-state index in [2.05, 4.69) is 129 Å². The van der Waals surface area contributed by atoms with E-state index in [4.69, 9.17) is 0 Å². The van der Waals surface area contributed by atoms with E-state index in [9.17, 15) is 5.11 Å². The van der Waals surface area contributed by atoms with Crippen molar-refractivity contribution < 1.29 is 5.11 Å². The molecular formula is C42H36O. The summed E-state index contributed by atoms with van der Waals surface area (Å²) in [7, 11) is 0. The van der Waals surface area contributed by atoms with Gasteiger partial charge in [-0.15, -0.1) is 0 Å². The fraction of sp³-hybridized carbons (Fsp3) is 0.143. The van der Waals surface area contributed by atoms with Gasteiger partial charge < -0.3 is 5.11 Å². The fourth-order valence-electron chi connectivity index (χ4n) is 6.91. The van der Waals surface area contributed by atoms with Crippen molar-refractivity contribution in [1.29, 1.82) is 0 Å². The molecule has 8 rings (SSSR count). The molecule has 1 heteroatoms. The van der Waals surface area contributed by atoms with Crippen molar-refractivity contribution in [2.24, 2.45) is 0 Å². The Labute approximate surface area is 254 Å². The highest BCUT2D eigenvalue weighted by molar-refractivity contribution is 6.00. The third kappa shape index (κ3) is 5.40. The summed E-state index contributed by atoms with van der Waals surface area (Å²) in [5.74, 6) is 0.391. The summed E-state index contributed by atoms with van der Waals surface area (Å²) in [6, 6.07) is 40.8. The molecule has 0 heterocycles. The van der Waals surface area contributed by atoms with Gasteiger partial charge in [-0.1, -0.05) is 132 Å². The van der Waals surface area contributed by atoms with Crippen LogP contribution in [0, 0.1) is 13.8 Å². The molecule has 2 aliphatic carbocycles. The third-order valence-electron chi connectivity index (χ3n) is 8.94. The minimum absolute atomic E-state index is 0.391. The SMILES string of the molecule is Cc1cc(O)c2c3c(cccc13)CC(Cc1ccccc1)=C2.Cc1ccc2c3c(cccc13)CC(Cc1ccccc1)=C2. The highest BCUT2D eigenvalue weighted by atomic mass is 16.3. The zero-order valence-electron chi connectivity index (χ0n) is 24.9. The van der Waals surface area contributed by atoms with Gasteiger partial charge in [-0.25, -0.2) is 0 Å². The molecule has 6 aromatic rings. The number of hydrogen-bond acceptors (Lipinski definition) is 1. The first-order valence-corrected chi connectivity index (χ1v) is 15.3. The normalized spacial score (nSPS) is 13.3. The number of aromatic hydroxyl groups is 1. The molecule has 2 aliphatic rings. The van der Waals surface area contributed by atoms with Gasteiger partial charge in [0.15, 0.2) is 0 Å². The number of rotatable bonds is 4. The summed E-state index contributed by atoms with van der Waals surface area (Å²) < 4.78 is 0. The number of hydrogen-bond donors (Lipinski definition) is 1. The van der Waals surface area contributed by atoms with E-state index in [0.717, 1.165) is 36.8 Å². The Morgan fingerprint density at radius 1 is 0.535 bits per heavy atom. The van der Waals surface area contributed by atoms with Gasteiger partial charge in [-0.05, 0) is 106 Å². The summed E-state index contributed by atoms with van der Waals surface area (Å²) in [5, 5.41) is 15.7. The van der Waals surface area contributed by atoms with Crippen molar-refractivity contribution in [3.8, 4) is 5.75 Å². The molecule has 210 valence electrons. The molecule has 0 bridgehead atoms. The second kappa shape index (κ2) is 11.4. The second-order valence-corrected chi connectivity index (χ2v) is 12.1. The topological polar surface area (TPSA) is 20.2 Å². The van der Waals surface area contributed by atoms with Crippen LogP contribution in [-0.2, 0) is 25.7 Å². The number of phenols is 1. The van der Waals surface area contributed by atoms with Crippen LogP contribution in [0.2, 0.25) is 0 Å². The number of allylic oxidation sites excluding steroid dienone is 2. The summed E-state index contributed by atoms with van der Waals surface area (Å²) in [6.07, 6.45) is 8.58. The summed E-state index contributed by atoms with van der Waals surface area (Å²) in [4.78, 5) is 0. The average Bonchev–Trinajstić information content (AvgIpc) is 3.03. The molecule has 0 fully saturated rings. The minimum atomic E-state index is 0.391. The fourth-order valence-corrected chi connectivity index (χ4v) is 6.91. The molecule has 0 radical (unpaired) electrons. The van der Waals surface area contributed by atoms with E-state index >= 15 is 0 Å². The number of phenolic OH excluding ortho intramolecular Hbond substituents is 1. The minimum Gasteiger partial charge on any atom is -0.507 e. The van der Waals surface area contributed by atoms with Gasteiger partial charge in [0.1, 0.15) is 5.75 Å². The standard InChI is InChI=1S/C21H18O.C21H18/c1-14-10-20(22)19-13-16(11-15-6-3-2-4-7-15)12-17-8-5-9-18(14)21(17)19;1-15-10-11-19-14-17(12-16-6-3-2-4-7-16)13-18-8-5-9-20(15)21(18)19/h2-10,13,22H,11-12H2,1H3;2-11,14H,12-13H2,1H3. The van der Waals surface area contributed by atoms with Crippen LogP contribution in [0.15, 0.2) is 126 Å². The maximum Gasteiger partial charge on any atom is 0.123 e. The molecule has 0 aliphatic heterocycles. The lowest BCUT2D eigenvalue weighted by molar-refractivity contribution is 0.474. The molecule has 6 aromatic carbocycles. The van der Waals surface area contributed by atoms with Gasteiger partial charge in [0.05, 0.1) is 0 Å². The lowest BCUT2D eigenvalue weighted by Gasteiger charge is -2.20. The second-order valence-electron chi connectivity index (χ2n) is 12.1. The Bertz CT molecular complexity index is 2030. The van der Waals surface area contributed by atoms with Crippen molar-refractivity contribution in [2.75, 3.05) is 0 Å². The van der Waals surface area contributed by atoms with E-state index < -0.39 is 0 Å². The van der Waals surface area contributed by atoms with Gasteiger partial charge in [0.25, 0.3) is 0 Å². The first kappa shape index (κ1) is 27.0. The molecule has 1 nitrogen and oxygen atoms in total. The molecule has 0 unspecified atom stereocenters. The molecular weight excluding hydrogens is 520 g/mol. The molecule has 1 N–H and O–H groups in total. The van der Waals surface area contributed by atoms with Gasteiger partial charge >= 0.3 is 0 Å². The summed E-state index contributed by atoms with van der Waals surface area (Å²) in [6.45, 7) is 4.26. The summed E-state index contributed by atoms with van der Waals surface area (Å²) in [5.41, 5.74) is 13.2. The van der Waals surface area contributed by atoms with Crippen LogP contribution in [0.25, 0.3) is 33.7 Å². The number of benzene rings is 6. The van der Waals surface area contributed by atoms with Crippen LogP contribution in [0.3, 0.4) is 0 Å².